The van der Waals surface area contributed by atoms with Crippen molar-refractivity contribution >= 4 is 11.6 Å². The standard InChI is InChI=1S/C22H29FO5.ClH.Na/c1-12-8-16-15-5-4-13-9-14(25)6-7-19(13,2)21(15,23)17(26)10-20(16,3)22(12,28)18(27)11-24;;/h6-7,9,12,15-17,24,26,28H,4-5,8,10-11H2,1-3H3;1H;/q;;+1/p-1/t12-,15-,16?,17+,19+,20+,21+,22+;;/m1../s1. The van der Waals surface area contributed by atoms with Gasteiger partial charge in [-0.2, -0.15) is 0 Å². The molecule has 3 fully saturated rings. The molecule has 4 aliphatic carbocycles. The summed E-state index contributed by atoms with van der Waals surface area (Å²) in [6, 6.07) is 0. The van der Waals surface area contributed by atoms with Crippen LogP contribution in [-0.4, -0.2) is 50.9 Å². The molecule has 1 unspecified atom stereocenters. The number of Topliss-reactive ketones (excluding diaryl/α,β-unsaturated/α-hetero) is 1. The normalized spacial score (nSPS) is 49.0. The molecule has 0 bridgehead atoms. The van der Waals surface area contributed by atoms with Crippen LogP contribution < -0.4 is 42.0 Å². The van der Waals surface area contributed by atoms with Crippen LogP contribution in [0, 0.1) is 28.6 Å². The molecule has 4 aliphatic rings. The van der Waals surface area contributed by atoms with Gasteiger partial charge in [-0.25, -0.2) is 4.39 Å². The van der Waals surface area contributed by atoms with Gasteiger partial charge in [0.25, 0.3) is 0 Å². The summed E-state index contributed by atoms with van der Waals surface area (Å²) in [6.45, 7) is 4.48. The summed E-state index contributed by atoms with van der Waals surface area (Å²) in [5, 5.41) is 32.0. The molecule has 0 aromatic carbocycles. The van der Waals surface area contributed by atoms with Crippen LogP contribution in [0.4, 0.5) is 4.39 Å². The zero-order valence-electron chi connectivity index (χ0n) is 18.0. The van der Waals surface area contributed by atoms with E-state index >= 15 is 4.39 Å². The number of carbonyl (C=O) groups is 2. The Bertz CT molecular complexity index is 817. The number of hydrogen-bond donors (Lipinski definition) is 3. The van der Waals surface area contributed by atoms with Crippen LogP contribution in [0.5, 0.6) is 0 Å². The molecule has 3 saturated carbocycles. The van der Waals surface area contributed by atoms with Gasteiger partial charge in [0, 0.05) is 16.7 Å². The summed E-state index contributed by atoms with van der Waals surface area (Å²) in [7, 11) is 0. The van der Waals surface area contributed by atoms with Gasteiger partial charge in [-0.05, 0) is 56.6 Å². The molecular formula is C22H29ClFNaO5. The maximum Gasteiger partial charge on any atom is 1.00 e. The Morgan fingerprint density at radius 1 is 1.30 bits per heavy atom. The zero-order valence-corrected chi connectivity index (χ0v) is 20.7. The number of ketones is 2. The minimum absolute atomic E-state index is 0. The SMILES string of the molecule is C[C@@H]1CC2[C@H]3CCC4=CC(=O)C=C[C@]4(C)[C@@]3(F)[C@@H](O)C[C@]2(C)[C@@]1(O)C(=O)CO.[Cl-].[Na+]. The van der Waals surface area contributed by atoms with Gasteiger partial charge in [-0.3, -0.25) is 9.59 Å². The van der Waals surface area contributed by atoms with Crippen molar-refractivity contribution in [2.24, 2.45) is 28.6 Å². The van der Waals surface area contributed by atoms with Gasteiger partial charge < -0.3 is 27.7 Å². The van der Waals surface area contributed by atoms with Gasteiger partial charge in [-0.15, -0.1) is 0 Å². The molecule has 162 valence electrons. The first-order chi connectivity index (χ1) is 13.0. The van der Waals surface area contributed by atoms with E-state index in [1.807, 2.05) is 0 Å². The number of rotatable bonds is 2. The molecular weight excluding hydrogens is 422 g/mol. The Morgan fingerprint density at radius 2 is 1.93 bits per heavy atom. The molecule has 8 heteroatoms. The summed E-state index contributed by atoms with van der Waals surface area (Å²) in [6.07, 6.45) is 4.44. The first-order valence-corrected chi connectivity index (χ1v) is 10.1. The van der Waals surface area contributed by atoms with Crippen molar-refractivity contribution in [3.05, 3.63) is 23.8 Å². The van der Waals surface area contributed by atoms with Crippen LogP contribution in [0.1, 0.15) is 46.5 Å². The van der Waals surface area contributed by atoms with Crippen LogP contribution in [0.25, 0.3) is 0 Å². The maximum atomic E-state index is 16.9. The summed E-state index contributed by atoms with van der Waals surface area (Å²) < 4.78 is 16.9. The third-order valence-corrected chi connectivity index (χ3v) is 8.79. The molecule has 0 aromatic rings. The van der Waals surface area contributed by atoms with Gasteiger partial charge in [-0.1, -0.05) is 25.5 Å². The van der Waals surface area contributed by atoms with E-state index < -0.39 is 52.4 Å². The Hall–Kier alpha value is -0.0800. The molecule has 30 heavy (non-hydrogen) atoms. The maximum absolute atomic E-state index is 16.9. The van der Waals surface area contributed by atoms with Crippen LogP contribution in [0.15, 0.2) is 23.8 Å². The van der Waals surface area contributed by atoms with Crippen LogP contribution in [-0.2, 0) is 9.59 Å². The second-order valence-corrected chi connectivity index (χ2v) is 9.75. The van der Waals surface area contributed by atoms with E-state index in [4.69, 9.17) is 0 Å². The van der Waals surface area contributed by atoms with E-state index in [1.54, 1.807) is 26.8 Å². The van der Waals surface area contributed by atoms with Crippen molar-refractivity contribution in [2.45, 2.75) is 63.8 Å². The number of carbonyl (C=O) groups excluding carboxylic acids is 2. The molecule has 8 atom stereocenters. The average Bonchev–Trinajstić information content (AvgIpc) is 2.84. The van der Waals surface area contributed by atoms with Gasteiger partial charge >= 0.3 is 29.6 Å². The van der Waals surface area contributed by atoms with Crippen molar-refractivity contribution < 1.29 is 71.3 Å². The van der Waals surface area contributed by atoms with Crippen molar-refractivity contribution in [2.75, 3.05) is 6.61 Å². The quantitative estimate of drug-likeness (QED) is 0.372. The Labute approximate surface area is 204 Å². The monoisotopic (exact) mass is 450 g/mol. The summed E-state index contributed by atoms with van der Waals surface area (Å²) in [5.74, 6) is -2.12. The number of alkyl halides is 1. The topological polar surface area (TPSA) is 94.8 Å². The van der Waals surface area contributed by atoms with Crippen molar-refractivity contribution in [1.82, 2.24) is 0 Å². The van der Waals surface area contributed by atoms with Crippen LogP contribution in [0.2, 0.25) is 0 Å². The van der Waals surface area contributed by atoms with E-state index in [1.165, 1.54) is 12.2 Å². The fraction of sp³-hybridized carbons (Fsp3) is 0.727. The number of aliphatic hydroxyl groups excluding tert-OH is 2. The smallest absolute Gasteiger partial charge is 1.00 e. The molecule has 0 aromatic heterocycles. The fourth-order valence-corrected chi connectivity index (χ4v) is 7.26. The molecule has 0 amide bonds. The van der Waals surface area contributed by atoms with E-state index in [0.29, 0.717) is 24.8 Å². The predicted molar refractivity (Wildman–Crippen MR) is 99.9 cm³/mol. The second-order valence-electron chi connectivity index (χ2n) is 9.75. The van der Waals surface area contributed by atoms with E-state index in [0.717, 1.165) is 0 Å². The first kappa shape index (κ1) is 26.2. The number of halogens is 2. The summed E-state index contributed by atoms with van der Waals surface area (Å²) >= 11 is 0. The minimum Gasteiger partial charge on any atom is -1.00 e. The minimum atomic E-state index is -1.98. The Balaban J connectivity index is 0.00000160. The Morgan fingerprint density at radius 3 is 2.53 bits per heavy atom. The van der Waals surface area contributed by atoms with Crippen molar-refractivity contribution in [1.29, 1.82) is 0 Å². The van der Waals surface area contributed by atoms with Crippen LogP contribution >= 0.6 is 0 Å². The number of allylic oxidation sites excluding steroid dienone is 4. The van der Waals surface area contributed by atoms with Gasteiger partial charge in [0.1, 0.15) is 12.2 Å². The molecule has 0 spiro atoms. The van der Waals surface area contributed by atoms with E-state index in [-0.39, 0.29) is 60.1 Å². The molecule has 0 saturated heterocycles. The third-order valence-electron chi connectivity index (χ3n) is 8.79. The van der Waals surface area contributed by atoms with E-state index in [2.05, 4.69) is 0 Å². The van der Waals surface area contributed by atoms with E-state index in [9.17, 15) is 24.9 Å². The van der Waals surface area contributed by atoms with Crippen molar-refractivity contribution in [3.63, 3.8) is 0 Å². The molecule has 0 heterocycles. The predicted octanol–water partition coefficient (Wildman–Crippen LogP) is -4.10. The van der Waals surface area contributed by atoms with Gasteiger partial charge in [0.15, 0.2) is 17.2 Å². The largest absolute Gasteiger partial charge is 1.00 e. The van der Waals surface area contributed by atoms with Gasteiger partial charge in [0.2, 0.25) is 0 Å². The average molecular weight is 451 g/mol. The van der Waals surface area contributed by atoms with Crippen LogP contribution in [0.3, 0.4) is 0 Å². The first-order valence-electron chi connectivity index (χ1n) is 10.1. The Kier molecular flexibility index (Phi) is 7.02. The molecule has 3 N–H and O–H groups in total. The number of aliphatic hydroxyl groups is 3. The molecule has 5 nitrogen and oxygen atoms in total. The molecule has 4 rings (SSSR count). The number of hydrogen-bond acceptors (Lipinski definition) is 5. The molecule has 0 radical (unpaired) electrons. The second kappa shape index (κ2) is 8.05. The van der Waals surface area contributed by atoms with Gasteiger partial charge in [0.05, 0.1) is 6.10 Å². The third kappa shape index (κ3) is 2.87. The zero-order chi connectivity index (χ0) is 20.7. The fourth-order valence-electron chi connectivity index (χ4n) is 7.26. The summed E-state index contributed by atoms with van der Waals surface area (Å²) in [5.41, 5.74) is -5.17. The molecule has 0 aliphatic heterocycles. The van der Waals surface area contributed by atoms with Crippen molar-refractivity contribution in [3.8, 4) is 0 Å². The summed E-state index contributed by atoms with van der Waals surface area (Å²) in [4.78, 5) is 24.4. The number of fused-ring (bicyclic) bond motifs is 5.